The fourth-order valence-electron chi connectivity index (χ4n) is 2.40. The molecule has 1 saturated heterocycles. The third-order valence-electron chi connectivity index (χ3n) is 3.62. The van der Waals surface area contributed by atoms with Crippen LogP contribution in [0.4, 0.5) is 0 Å². The Morgan fingerprint density at radius 2 is 2.21 bits per heavy atom. The SMILES string of the molecule is CC(C)(C)c1ccc(CN2CCC(C(=O)O)C2)cn1. The molecule has 0 aromatic carbocycles. The zero-order valence-electron chi connectivity index (χ0n) is 11.9. The molecule has 1 fully saturated rings. The molecule has 0 aliphatic carbocycles. The average molecular weight is 262 g/mol. The number of pyridine rings is 1. The summed E-state index contributed by atoms with van der Waals surface area (Å²) in [6.45, 7) is 8.74. The molecule has 1 N–H and O–H groups in total. The van der Waals surface area contributed by atoms with E-state index in [0.717, 1.165) is 30.8 Å². The molecule has 1 aromatic heterocycles. The molecule has 0 saturated carbocycles. The summed E-state index contributed by atoms with van der Waals surface area (Å²) in [4.78, 5) is 17.6. The quantitative estimate of drug-likeness (QED) is 0.908. The Morgan fingerprint density at radius 1 is 1.47 bits per heavy atom. The third-order valence-corrected chi connectivity index (χ3v) is 3.62. The van der Waals surface area contributed by atoms with Gasteiger partial charge in [0.2, 0.25) is 0 Å². The summed E-state index contributed by atoms with van der Waals surface area (Å²) >= 11 is 0. The van der Waals surface area contributed by atoms with Gasteiger partial charge in [-0.05, 0) is 24.6 Å². The van der Waals surface area contributed by atoms with Gasteiger partial charge in [0.25, 0.3) is 0 Å². The number of rotatable bonds is 3. The van der Waals surface area contributed by atoms with Gasteiger partial charge in [-0.25, -0.2) is 0 Å². The van der Waals surface area contributed by atoms with Gasteiger partial charge in [-0.1, -0.05) is 26.8 Å². The fraction of sp³-hybridized carbons (Fsp3) is 0.600. The van der Waals surface area contributed by atoms with Gasteiger partial charge in [-0.15, -0.1) is 0 Å². The minimum absolute atomic E-state index is 0.0700. The normalized spacial score (nSPS) is 20.7. The molecule has 19 heavy (non-hydrogen) atoms. The second kappa shape index (κ2) is 5.29. The molecular formula is C15H22N2O2. The van der Waals surface area contributed by atoms with Crippen molar-refractivity contribution in [1.29, 1.82) is 0 Å². The lowest BCUT2D eigenvalue weighted by atomic mass is 9.91. The lowest BCUT2D eigenvalue weighted by Gasteiger charge is -2.19. The van der Waals surface area contributed by atoms with Crippen molar-refractivity contribution in [2.24, 2.45) is 5.92 Å². The van der Waals surface area contributed by atoms with Crippen LogP contribution < -0.4 is 0 Å². The van der Waals surface area contributed by atoms with E-state index in [1.807, 2.05) is 6.20 Å². The van der Waals surface area contributed by atoms with E-state index in [4.69, 9.17) is 5.11 Å². The first-order valence-electron chi connectivity index (χ1n) is 6.77. The van der Waals surface area contributed by atoms with E-state index in [-0.39, 0.29) is 11.3 Å². The number of aliphatic carboxylic acids is 1. The first kappa shape index (κ1) is 14.0. The highest BCUT2D eigenvalue weighted by Gasteiger charge is 2.27. The predicted octanol–water partition coefficient (Wildman–Crippen LogP) is 2.29. The van der Waals surface area contributed by atoms with Crippen LogP contribution in [0.1, 0.15) is 38.4 Å². The summed E-state index contributed by atoms with van der Waals surface area (Å²) in [6.07, 6.45) is 2.66. The van der Waals surface area contributed by atoms with Gasteiger partial charge in [-0.2, -0.15) is 0 Å². The molecule has 2 heterocycles. The highest BCUT2D eigenvalue weighted by Crippen LogP contribution is 2.21. The minimum atomic E-state index is -0.677. The average Bonchev–Trinajstić information content (AvgIpc) is 2.77. The Balaban J connectivity index is 1.96. The van der Waals surface area contributed by atoms with E-state index in [0.29, 0.717) is 6.54 Å². The number of hydrogen-bond acceptors (Lipinski definition) is 3. The molecule has 2 rings (SSSR count). The molecule has 0 amide bonds. The Labute approximate surface area is 114 Å². The molecule has 1 unspecified atom stereocenters. The lowest BCUT2D eigenvalue weighted by molar-refractivity contribution is -0.141. The number of hydrogen-bond donors (Lipinski definition) is 1. The molecular weight excluding hydrogens is 240 g/mol. The van der Waals surface area contributed by atoms with Crippen LogP contribution in [0.25, 0.3) is 0 Å². The largest absolute Gasteiger partial charge is 0.481 e. The summed E-state index contributed by atoms with van der Waals surface area (Å²) in [5, 5.41) is 8.98. The molecule has 0 bridgehead atoms. The second-order valence-electron chi connectivity index (χ2n) is 6.36. The van der Waals surface area contributed by atoms with Crippen molar-refractivity contribution >= 4 is 5.97 Å². The van der Waals surface area contributed by atoms with Crippen LogP contribution in [-0.4, -0.2) is 34.0 Å². The maximum Gasteiger partial charge on any atom is 0.307 e. The van der Waals surface area contributed by atoms with E-state index in [2.05, 4.69) is 42.8 Å². The van der Waals surface area contributed by atoms with Crippen molar-refractivity contribution in [3.05, 3.63) is 29.6 Å². The van der Waals surface area contributed by atoms with Gasteiger partial charge in [0.1, 0.15) is 0 Å². The van der Waals surface area contributed by atoms with Crippen molar-refractivity contribution in [1.82, 2.24) is 9.88 Å². The van der Waals surface area contributed by atoms with Crippen molar-refractivity contribution in [3.63, 3.8) is 0 Å². The summed E-state index contributed by atoms with van der Waals surface area (Å²) in [5.41, 5.74) is 2.31. The summed E-state index contributed by atoms with van der Waals surface area (Å²) in [6, 6.07) is 4.17. The number of nitrogens with zero attached hydrogens (tertiary/aromatic N) is 2. The van der Waals surface area contributed by atoms with Crippen LogP contribution in [0.2, 0.25) is 0 Å². The number of likely N-dealkylation sites (tertiary alicyclic amines) is 1. The van der Waals surface area contributed by atoms with E-state index in [9.17, 15) is 4.79 Å². The van der Waals surface area contributed by atoms with Gasteiger partial charge in [-0.3, -0.25) is 14.7 Å². The molecule has 1 aliphatic rings. The molecule has 1 aliphatic heterocycles. The summed E-state index contributed by atoms with van der Waals surface area (Å²) < 4.78 is 0. The Kier molecular flexibility index (Phi) is 3.90. The number of aromatic nitrogens is 1. The third kappa shape index (κ3) is 3.53. The van der Waals surface area contributed by atoms with Gasteiger partial charge in [0.15, 0.2) is 0 Å². The maximum atomic E-state index is 10.9. The standard InChI is InChI=1S/C15H22N2O2/c1-15(2,3)13-5-4-11(8-16-13)9-17-7-6-12(10-17)14(18)19/h4-5,8,12H,6-7,9-10H2,1-3H3,(H,18,19). The zero-order chi connectivity index (χ0) is 14.0. The molecule has 0 radical (unpaired) electrons. The first-order chi connectivity index (χ1) is 8.86. The maximum absolute atomic E-state index is 10.9. The van der Waals surface area contributed by atoms with E-state index in [1.54, 1.807) is 0 Å². The van der Waals surface area contributed by atoms with Gasteiger partial charge in [0.05, 0.1) is 5.92 Å². The van der Waals surface area contributed by atoms with Crippen molar-refractivity contribution < 1.29 is 9.90 Å². The van der Waals surface area contributed by atoms with Crippen molar-refractivity contribution in [3.8, 4) is 0 Å². The van der Waals surface area contributed by atoms with Crippen LogP contribution in [0.5, 0.6) is 0 Å². The summed E-state index contributed by atoms with van der Waals surface area (Å²) in [7, 11) is 0. The highest BCUT2D eigenvalue weighted by molar-refractivity contribution is 5.70. The molecule has 1 atom stereocenters. The van der Waals surface area contributed by atoms with Crippen LogP contribution >= 0.6 is 0 Å². The monoisotopic (exact) mass is 262 g/mol. The number of carboxylic acid groups (broad SMARTS) is 1. The number of carboxylic acids is 1. The van der Waals surface area contributed by atoms with E-state index < -0.39 is 5.97 Å². The van der Waals surface area contributed by atoms with Crippen molar-refractivity contribution in [2.45, 2.75) is 39.2 Å². The van der Waals surface area contributed by atoms with Gasteiger partial charge >= 0.3 is 5.97 Å². The number of carbonyl (C=O) groups is 1. The minimum Gasteiger partial charge on any atom is -0.481 e. The zero-order valence-corrected chi connectivity index (χ0v) is 11.9. The Morgan fingerprint density at radius 3 is 2.68 bits per heavy atom. The van der Waals surface area contributed by atoms with Gasteiger partial charge in [0, 0.05) is 30.4 Å². The molecule has 4 heteroatoms. The summed E-state index contributed by atoms with van der Waals surface area (Å²) in [5.74, 6) is -0.884. The van der Waals surface area contributed by atoms with Crippen LogP contribution in [0, 0.1) is 5.92 Å². The van der Waals surface area contributed by atoms with E-state index in [1.165, 1.54) is 0 Å². The highest BCUT2D eigenvalue weighted by atomic mass is 16.4. The smallest absolute Gasteiger partial charge is 0.307 e. The fourth-order valence-corrected chi connectivity index (χ4v) is 2.40. The topological polar surface area (TPSA) is 53.4 Å². The predicted molar refractivity (Wildman–Crippen MR) is 74.0 cm³/mol. The first-order valence-corrected chi connectivity index (χ1v) is 6.77. The van der Waals surface area contributed by atoms with Crippen LogP contribution in [0.15, 0.2) is 18.3 Å². The lowest BCUT2D eigenvalue weighted by Crippen LogP contribution is -2.23. The van der Waals surface area contributed by atoms with Crippen LogP contribution in [0.3, 0.4) is 0 Å². The molecule has 0 spiro atoms. The Hall–Kier alpha value is -1.42. The van der Waals surface area contributed by atoms with Gasteiger partial charge < -0.3 is 5.11 Å². The molecule has 1 aromatic rings. The van der Waals surface area contributed by atoms with E-state index >= 15 is 0 Å². The van der Waals surface area contributed by atoms with Crippen molar-refractivity contribution in [2.75, 3.05) is 13.1 Å². The molecule has 104 valence electrons. The Bertz CT molecular complexity index is 448. The molecule has 4 nitrogen and oxygen atoms in total. The second-order valence-corrected chi connectivity index (χ2v) is 6.36. The van der Waals surface area contributed by atoms with Crippen LogP contribution in [-0.2, 0) is 16.8 Å².